The van der Waals surface area contributed by atoms with Crippen molar-refractivity contribution in [2.24, 2.45) is 17.1 Å². The Morgan fingerprint density at radius 2 is 2.05 bits per heavy atom. The number of carbonyl (C=O) groups is 1. The number of hydrogen-bond acceptors (Lipinski definition) is 3. The molecule has 4 heteroatoms. The fourth-order valence-corrected chi connectivity index (χ4v) is 4.31. The van der Waals surface area contributed by atoms with Crippen LogP contribution in [-0.2, 0) is 4.79 Å². The minimum absolute atomic E-state index is 0.104. The van der Waals surface area contributed by atoms with Gasteiger partial charge in [0.15, 0.2) is 0 Å². The van der Waals surface area contributed by atoms with E-state index in [0.29, 0.717) is 24.8 Å². The lowest BCUT2D eigenvalue weighted by Crippen LogP contribution is -2.40. The molecule has 1 heterocycles. The second-order valence-corrected chi connectivity index (χ2v) is 7.70. The first kappa shape index (κ1) is 17.7. The Morgan fingerprint density at radius 3 is 2.68 bits per heavy atom. The van der Waals surface area contributed by atoms with Crippen LogP contribution in [0.1, 0.15) is 58.3 Å². The zero-order valence-electron chi connectivity index (χ0n) is 14.6. The molecule has 4 nitrogen and oxygen atoms in total. The average molecular weight is 309 g/mol. The number of hydrogen-bond donors (Lipinski definition) is 1. The SMILES string of the molecule is CCCN(C)CC1CCN(C(=O)CC2(CN)CCCCC2)C1. The molecule has 1 saturated carbocycles. The summed E-state index contributed by atoms with van der Waals surface area (Å²) in [5.74, 6) is 1.01. The largest absolute Gasteiger partial charge is 0.342 e. The zero-order chi connectivity index (χ0) is 16.0. The van der Waals surface area contributed by atoms with E-state index in [4.69, 9.17) is 5.73 Å². The minimum Gasteiger partial charge on any atom is -0.342 e. The monoisotopic (exact) mass is 309 g/mol. The molecule has 1 aliphatic carbocycles. The van der Waals surface area contributed by atoms with Crippen molar-refractivity contribution in [2.45, 2.75) is 58.3 Å². The maximum absolute atomic E-state index is 12.7. The highest BCUT2D eigenvalue weighted by Crippen LogP contribution is 2.39. The van der Waals surface area contributed by atoms with Crippen LogP contribution in [0.2, 0.25) is 0 Å². The first-order valence-electron chi connectivity index (χ1n) is 9.25. The summed E-state index contributed by atoms with van der Waals surface area (Å²) in [5, 5.41) is 0. The molecule has 1 atom stereocenters. The summed E-state index contributed by atoms with van der Waals surface area (Å²) in [5.41, 5.74) is 6.14. The standard InChI is InChI=1S/C18H35N3O/c1-3-10-20(2)13-16-7-11-21(14-16)17(22)12-18(15-19)8-5-4-6-9-18/h16H,3-15,19H2,1-2H3. The molecule has 0 aromatic rings. The average Bonchev–Trinajstić information content (AvgIpc) is 2.97. The van der Waals surface area contributed by atoms with Crippen molar-refractivity contribution in [1.82, 2.24) is 9.80 Å². The van der Waals surface area contributed by atoms with Crippen LogP contribution in [0.5, 0.6) is 0 Å². The van der Waals surface area contributed by atoms with Gasteiger partial charge in [0.1, 0.15) is 0 Å². The van der Waals surface area contributed by atoms with Crippen LogP contribution in [0, 0.1) is 11.3 Å². The van der Waals surface area contributed by atoms with E-state index >= 15 is 0 Å². The third kappa shape index (κ3) is 4.69. The highest BCUT2D eigenvalue weighted by atomic mass is 16.2. The van der Waals surface area contributed by atoms with Crippen molar-refractivity contribution in [3.8, 4) is 0 Å². The van der Waals surface area contributed by atoms with Gasteiger partial charge in [-0.1, -0.05) is 26.2 Å². The van der Waals surface area contributed by atoms with E-state index in [0.717, 1.165) is 45.4 Å². The van der Waals surface area contributed by atoms with Crippen molar-refractivity contribution in [2.75, 3.05) is 39.8 Å². The maximum atomic E-state index is 12.7. The lowest BCUT2D eigenvalue weighted by molar-refractivity contribution is -0.133. The van der Waals surface area contributed by atoms with Gasteiger partial charge >= 0.3 is 0 Å². The molecule has 2 fully saturated rings. The molecule has 0 aromatic heterocycles. The molecule has 1 unspecified atom stereocenters. The summed E-state index contributed by atoms with van der Waals surface area (Å²) >= 11 is 0. The molecule has 0 radical (unpaired) electrons. The van der Waals surface area contributed by atoms with Crippen LogP contribution in [-0.4, -0.2) is 55.5 Å². The molecule has 0 aromatic carbocycles. The zero-order valence-corrected chi connectivity index (χ0v) is 14.6. The molecule has 22 heavy (non-hydrogen) atoms. The van der Waals surface area contributed by atoms with Gasteiger partial charge in [-0.2, -0.15) is 0 Å². The van der Waals surface area contributed by atoms with Gasteiger partial charge in [-0.25, -0.2) is 0 Å². The van der Waals surface area contributed by atoms with Gasteiger partial charge in [0.2, 0.25) is 5.91 Å². The van der Waals surface area contributed by atoms with Crippen LogP contribution in [0.25, 0.3) is 0 Å². The summed E-state index contributed by atoms with van der Waals surface area (Å²) < 4.78 is 0. The van der Waals surface area contributed by atoms with E-state index in [2.05, 4.69) is 23.8 Å². The van der Waals surface area contributed by atoms with E-state index in [9.17, 15) is 4.79 Å². The Bertz CT molecular complexity index is 352. The molecule has 2 rings (SSSR count). The maximum Gasteiger partial charge on any atom is 0.223 e. The highest BCUT2D eigenvalue weighted by molar-refractivity contribution is 5.77. The summed E-state index contributed by atoms with van der Waals surface area (Å²) in [6.07, 6.45) is 9.13. The number of nitrogens with two attached hydrogens (primary N) is 1. The summed E-state index contributed by atoms with van der Waals surface area (Å²) in [6.45, 7) is 7.07. The van der Waals surface area contributed by atoms with Crippen LogP contribution < -0.4 is 5.73 Å². The van der Waals surface area contributed by atoms with Crippen LogP contribution in [0.3, 0.4) is 0 Å². The molecule has 128 valence electrons. The van der Waals surface area contributed by atoms with E-state index in [1.54, 1.807) is 0 Å². The molecule has 1 saturated heterocycles. The minimum atomic E-state index is 0.104. The topological polar surface area (TPSA) is 49.6 Å². The Morgan fingerprint density at radius 1 is 1.32 bits per heavy atom. The van der Waals surface area contributed by atoms with Crippen LogP contribution in [0.4, 0.5) is 0 Å². The predicted molar refractivity (Wildman–Crippen MR) is 91.7 cm³/mol. The number of amides is 1. The van der Waals surface area contributed by atoms with Crippen LogP contribution >= 0.6 is 0 Å². The Labute approximate surface area is 136 Å². The fraction of sp³-hybridized carbons (Fsp3) is 0.944. The Balaban J connectivity index is 1.81. The van der Waals surface area contributed by atoms with Crippen molar-refractivity contribution in [1.29, 1.82) is 0 Å². The second-order valence-electron chi connectivity index (χ2n) is 7.70. The molecule has 0 bridgehead atoms. The fourth-order valence-electron chi connectivity index (χ4n) is 4.31. The summed E-state index contributed by atoms with van der Waals surface area (Å²) in [7, 11) is 2.19. The van der Waals surface area contributed by atoms with Gasteiger partial charge in [0, 0.05) is 26.1 Å². The quantitative estimate of drug-likeness (QED) is 0.786. The predicted octanol–water partition coefficient (Wildman–Crippen LogP) is 2.48. The molecule has 1 aliphatic heterocycles. The van der Waals surface area contributed by atoms with E-state index in [1.165, 1.54) is 25.7 Å². The van der Waals surface area contributed by atoms with Crippen molar-refractivity contribution in [3.05, 3.63) is 0 Å². The van der Waals surface area contributed by atoms with E-state index < -0.39 is 0 Å². The van der Waals surface area contributed by atoms with Gasteiger partial charge in [-0.05, 0) is 57.2 Å². The van der Waals surface area contributed by atoms with Gasteiger partial charge in [-0.15, -0.1) is 0 Å². The van der Waals surface area contributed by atoms with Gasteiger partial charge in [-0.3, -0.25) is 4.79 Å². The number of nitrogens with zero attached hydrogens (tertiary/aromatic N) is 2. The van der Waals surface area contributed by atoms with Crippen LogP contribution in [0.15, 0.2) is 0 Å². The number of rotatable bonds is 7. The molecular weight excluding hydrogens is 274 g/mol. The first-order chi connectivity index (χ1) is 10.6. The van der Waals surface area contributed by atoms with E-state index in [1.807, 2.05) is 0 Å². The first-order valence-corrected chi connectivity index (χ1v) is 9.25. The van der Waals surface area contributed by atoms with Gasteiger partial charge in [0.25, 0.3) is 0 Å². The van der Waals surface area contributed by atoms with Gasteiger partial charge < -0.3 is 15.5 Å². The molecular formula is C18H35N3O. The van der Waals surface area contributed by atoms with Crippen molar-refractivity contribution in [3.63, 3.8) is 0 Å². The third-order valence-corrected chi connectivity index (χ3v) is 5.69. The molecule has 2 N–H and O–H groups in total. The lowest BCUT2D eigenvalue weighted by atomic mass is 9.71. The molecule has 2 aliphatic rings. The second kappa shape index (κ2) is 8.30. The lowest BCUT2D eigenvalue weighted by Gasteiger charge is -2.36. The summed E-state index contributed by atoms with van der Waals surface area (Å²) in [4.78, 5) is 17.2. The Hall–Kier alpha value is -0.610. The number of likely N-dealkylation sites (tertiary alicyclic amines) is 1. The normalized spacial score (nSPS) is 24.9. The smallest absolute Gasteiger partial charge is 0.223 e. The van der Waals surface area contributed by atoms with E-state index in [-0.39, 0.29) is 5.41 Å². The molecule has 1 amide bonds. The van der Waals surface area contributed by atoms with Crippen molar-refractivity contribution < 1.29 is 4.79 Å². The van der Waals surface area contributed by atoms with Gasteiger partial charge in [0.05, 0.1) is 0 Å². The Kier molecular flexibility index (Phi) is 6.69. The third-order valence-electron chi connectivity index (χ3n) is 5.69. The highest BCUT2D eigenvalue weighted by Gasteiger charge is 2.36. The number of carbonyl (C=O) groups excluding carboxylic acids is 1. The summed E-state index contributed by atoms with van der Waals surface area (Å²) in [6, 6.07) is 0. The van der Waals surface area contributed by atoms with Crippen molar-refractivity contribution >= 4 is 5.91 Å². The molecule has 0 spiro atoms.